The second-order valence-corrected chi connectivity index (χ2v) is 4.78. The molecule has 0 spiro atoms. The molecule has 0 unspecified atom stereocenters. The summed E-state index contributed by atoms with van der Waals surface area (Å²) in [5.41, 5.74) is 1.07. The average Bonchev–Trinajstić information content (AvgIpc) is 2.23. The fraction of sp³-hybridized carbons (Fsp3) is 0.571. The highest BCUT2D eigenvalue weighted by Gasteiger charge is 2.08. The van der Waals surface area contributed by atoms with Crippen molar-refractivity contribution in [2.75, 3.05) is 6.61 Å². The van der Waals surface area contributed by atoms with Crippen LogP contribution in [0.5, 0.6) is 0 Å². The van der Waals surface area contributed by atoms with E-state index in [4.69, 9.17) is 4.74 Å². The van der Waals surface area contributed by atoms with Crippen LogP contribution in [0.15, 0.2) is 24.5 Å². The minimum Gasteiger partial charge on any atom is -0.376 e. The van der Waals surface area contributed by atoms with Crippen LogP contribution in [0.2, 0.25) is 0 Å². The van der Waals surface area contributed by atoms with Crippen molar-refractivity contribution < 1.29 is 4.74 Å². The summed E-state index contributed by atoms with van der Waals surface area (Å²) in [4.78, 5) is 4.10. The number of pyridine rings is 1. The Morgan fingerprint density at radius 3 is 2.75 bits per heavy atom. The number of nitrogens with zero attached hydrogens (tertiary/aromatic N) is 1. The molecule has 0 fully saturated rings. The van der Waals surface area contributed by atoms with E-state index >= 15 is 0 Å². The molecule has 2 heteroatoms. The molecule has 0 atom stereocenters. The fourth-order valence-corrected chi connectivity index (χ4v) is 1.50. The first-order valence-electron chi connectivity index (χ1n) is 5.96. The molecule has 1 aromatic rings. The lowest BCUT2D eigenvalue weighted by atomic mass is 10.1. The van der Waals surface area contributed by atoms with Crippen molar-refractivity contribution in [3.05, 3.63) is 37.0 Å². The molecule has 0 aliphatic heterocycles. The second-order valence-electron chi connectivity index (χ2n) is 4.78. The van der Waals surface area contributed by atoms with Crippen molar-refractivity contribution in [3.8, 4) is 0 Å². The van der Waals surface area contributed by atoms with E-state index in [0.717, 1.165) is 19.4 Å². The molecule has 2 nitrogen and oxygen atoms in total. The van der Waals surface area contributed by atoms with Crippen LogP contribution in [0.4, 0.5) is 0 Å². The maximum absolute atomic E-state index is 5.56. The lowest BCUT2D eigenvalue weighted by Gasteiger charge is -2.19. The van der Waals surface area contributed by atoms with Crippen LogP contribution in [0.25, 0.3) is 0 Å². The molecule has 0 saturated carbocycles. The Hall–Kier alpha value is -0.890. The standard InChI is InChI=1S/C14H22NO/c1-14(2,3)16-11-6-4-5-8-13-9-7-10-15-12-13/h7,9-10,12H,1,4-6,8,11H2,2-3H3. The van der Waals surface area contributed by atoms with Crippen molar-refractivity contribution >= 4 is 0 Å². The minimum absolute atomic E-state index is 0.247. The number of rotatable bonds is 7. The van der Waals surface area contributed by atoms with E-state index in [2.05, 4.69) is 18.0 Å². The molecule has 1 rings (SSSR count). The molecule has 0 bridgehead atoms. The molecule has 1 radical (unpaired) electrons. The van der Waals surface area contributed by atoms with Gasteiger partial charge in [0, 0.05) is 19.0 Å². The zero-order chi connectivity index (χ0) is 11.9. The third kappa shape index (κ3) is 6.57. The third-order valence-corrected chi connectivity index (χ3v) is 2.33. The summed E-state index contributed by atoms with van der Waals surface area (Å²) in [5, 5.41) is 0. The van der Waals surface area contributed by atoms with Crippen LogP contribution in [-0.4, -0.2) is 17.2 Å². The largest absolute Gasteiger partial charge is 0.376 e. The minimum atomic E-state index is -0.247. The molecule has 0 aliphatic carbocycles. The molecular weight excluding hydrogens is 198 g/mol. The summed E-state index contributed by atoms with van der Waals surface area (Å²) in [6.07, 6.45) is 8.38. The van der Waals surface area contributed by atoms with Gasteiger partial charge in [-0.3, -0.25) is 4.98 Å². The smallest absolute Gasteiger partial charge is 0.0627 e. The summed E-state index contributed by atoms with van der Waals surface area (Å²) in [6, 6.07) is 4.12. The zero-order valence-electron chi connectivity index (χ0n) is 10.4. The first-order chi connectivity index (χ1) is 7.58. The monoisotopic (exact) mass is 220 g/mol. The molecule has 1 heterocycles. The Balaban J connectivity index is 2.01. The first-order valence-corrected chi connectivity index (χ1v) is 5.96. The van der Waals surface area contributed by atoms with E-state index in [9.17, 15) is 0 Å². The van der Waals surface area contributed by atoms with Gasteiger partial charge in [0.1, 0.15) is 0 Å². The molecule has 16 heavy (non-hydrogen) atoms. The summed E-state index contributed by atoms with van der Waals surface area (Å²) in [7, 11) is 0. The van der Waals surface area contributed by atoms with E-state index in [1.807, 2.05) is 32.3 Å². The van der Waals surface area contributed by atoms with Gasteiger partial charge < -0.3 is 4.74 Å². The van der Waals surface area contributed by atoms with Crippen LogP contribution in [0.3, 0.4) is 0 Å². The third-order valence-electron chi connectivity index (χ3n) is 2.33. The average molecular weight is 220 g/mol. The Bertz CT molecular complexity index is 277. The maximum Gasteiger partial charge on any atom is 0.0627 e. The highest BCUT2D eigenvalue weighted by molar-refractivity contribution is 5.08. The topological polar surface area (TPSA) is 22.1 Å². The van der Waals surface area contributed by atoms with Gasteiger partial charge in [-0.15, -0.1) is 0 Å². The van der Waals surface area contributed by atoms with Gasteiger partial charge in [-0.05, 0) is 51.7 Å². The number of aromatic nitrogens is 1. The van der Waals surface area contributed by atoms with Crippen molar-refractivity contribution in [1.82, 2.24) is 4.98 Å². The van der Waals surface area contributed by atoms with Gasteiger partial charge in [0.25, 0.3) is 0 Å². The zero-order valence-corrected chi connectivity index (χ0v) is 10.4. The number of ether oxygens (including phenoxy) is 1. The quantitative estimate of drug-likeness (QED) is 0.657. The van der Waals surface area contributed by atoms with E-state index < -0.39 is 0 Å². The molecule has 0 aliphatic rings. The van der Waals surface area contributed by atoms with Gasteiger partial charge in [0.05, 0.1) is 5.60 Å². The molecule has 0 amide bonds. The summed E-state index contributed by atoms with van der Waals surface area (Å²) in [6.45, 7) is 8.69. The highest BCUT2D eigenvalue weighted by atomic mass is 16.5. The van der Waals surface area contributed by atoms with Crippen molar-refractivity contribution in [2.45, 2.75) is 45.1 Å². The predicted molar refractivity (Wildman–Crippen MR) is 67.2 cm³/mol. The van der Waals surface area contributed by atoms with Gasteiger partial charge >= 0.3 is 0 Å². The molecule has 1 aromatic heterocycles. The van der Waals surface area contributed by atoms with Crippen LogP contribution < -0.4 is 0 Å². The summed E-state index contributed by atoms with van der Waals surface area (Å²) >= 11 is 0. The molecule has 0 aromatic carbocycles. The Kier molecular flexibility index (Phi) is 5.47. The van der Waals surface area contributed by atoms with Crippen molar-refractivity contribution in [2.24, 2.45) is 0 Å². The molecule has 0 saturated heterocycles. The van der Waals surface area contributed by atoms with Crippen molar-refractivity contribution in [3.63, 3.8) is 0 Å². The van der Waals surface area contributed by atoms with Crippen LogP contribution >= 0.6 is 0 Å². The van der Waals surface area contributed by atoms with E-state index in [1.54, 1.807) is 0 Å². The Morgan fingerprint density at radius 2 is 2.12 bits per heavy atom. The number of hydrogen-bond acceptors (Lipinski definition) is 2. The molecular formula is C14H22NO. The molecule has 0 N–H and O–H groups in total. The summed E-state index contributed by atoms with van der Waals surface area (Å²) in [5.74, 6) is 0. The number of aryl methyl sites for hydroxylation is 1. The second kappa shape index (κ2) is 6.64. The van der Waals surface area contributed by atoms with E-state index in [-0.39, 0.29) is 5.60 Å². The summed E-state index contributed by atoms with van der Waals surface area (Å²) < 4.78 is 5.56. The van der Waals surface area contributed by atoms with E-state index in [1.165, 1.54) is 18.4 Å². The fourth-order valence-electron chi connectivity index (χ4n) is 1.50. The van der Waals surface area contributed by atoms with Gasteiger partial charge in [-0.25, -0.2) is 0 Å². The SMILES string of the molecule is [CH2]C(C)(C)OCCCCCc1cccnc1. The number of unbranched alkanes of at least 4 members (excludes halogenated alkanes) is 2. The van der Waals surface area contributed by atoms with Gasteiger partial charge in [-0.1, -0.05) is 12.5 Å². The molecule has 89 valence electrons. The maximum atomic E-state index is 5.56. The van der Waals surface area contributed by atoms with E-state index in [0.29, 0.717) is 0 Å². The Morgan fingerprint density at radius 1 is 1.31 bits per heavy atom. The van der Waals surface area contributed by atoms with Crippen molar-refractivity contribution in [1.29, 1.82) is 0 Å². The predicted octanol–water partition coefficient (Wildman–Crippen LogP) is 3.42. The normalized spacial score (nSPS) is 11.7. The first kappa shape index (κ1) is 13.2. The van der Waals surface area contributed by atoms with Crippen LogP contribution in [0, 0.1) is 6.92 Å². The van der Waals surface area contributed by atoms with Gasteiger partial charge in [-0.2, -0.15) is 0 Å². The van der Waals surface area contributed by atoms with Crippen LogP contribution in [-0.2, 0) is 11.2 Å². The number of hydrogen-bond donors (Lipinski definition) is 0. The van der Waals surface area contributed by atoms with Gasteiger partial charge in [0.2, 0.25) is 0 Å². The Labute approximate surface area is 99.0 Å². The lowest BCUT2D eigenvalue weighted by molar-refractivity contribution is 0.0152. The van der Waals surface area contributed by atoms with Gasteiger partial charge in [0.15, 0.2) is 0 Å². The highest BCUT2D eigenvalue weighted by Crippen LogP contribution is 2.09. The van der Waals surface area contributed by atoms with Crippen LogP contribution in [0.1, 0.15) is 38.7 Å². The lowest BCUT2D eigenvalue weighted by Crippen LogP contribution is -2.20.